The molecule has 0 aliphatic heterocycles. The lowest BCUT2D eigenvalue weighted by atomic mass is 10.0. The van der Waals surface area contributed by atoms with Crippen LogP contribution in [0.1, 0.15) is 32.9 Å². The third-order valence-corrected chi connectivity index (χ3v) is 2.86. The van der Waals surface area contributed by atoms with E-state index in [1.165, 1.54) is 0 Å². The summed E-state index contributed by atoms with van der Waals surface area (Å²) in [5.41, 5.74) is 0.980. The van der Waals surface area contributed by atoms with E-state index in [-0.39, 0.29) is 0 Å². The number of hydrogen-bond donors (Lipinski definition) is 1. The summed E-state index contributed by atoms with van der Waals surface area (Å²) in [4.78, 5) is 11.0. The van der Waals surface area contributed by atoms with Gasteiger partial charge in [-0.1, -0.05) is 13.8 Å². The first kappa shape index (κ1) is 13.9. The first-order valence-electron chi connectivity index (χ1n) is 6.23. The van der Waals surface area contributed by atoms with Crippen molar-refractivity contribution in [2.45, 2.75) is 39.8 Å². The zero-order valence-corrected chi connectivity index (χ0v) is 11.6. The highest BCUT2D eigenvalue weighted by Crippen LogP contribution is 2.16. The fraction of sp³-hybridized carbons (Fsp3) is 0.692. The van der Waals surface area contributed by atoms with Crippen molar-refractivity contribution in [1.82, 2.24) is 15.3 Å². The molecule has 0 aliphatic rings. The predicted molar refractivity (Wildman–Crippen MR) is 72.1 cm³/mol. The second kappa shape index (κ2) is 6.55. The summed E-state index contributed by atoms with van der Waals surface area (Å²) >= 11 is 0. The van der Waals surface area contributed by atoms with Gasteiger partial charge in [0.15, 0.2) is 0 Å². The Morgan fingerprint density at radius 2 is 2.00 bits per heavy atom. The molecule has 1 heterocycles. The maximum absolute atomic E-state index is 4.59. The minimum Gasteiger partial charge on any atom is -0.356 e. The zero-order valence-electron chi connectivity index (χ0n) is 11.6. The highest BCUT2D eigenvalue weighted by atomic mass is 15.2. The molecule has 0 amide bonds. The van der Waals surface area contributed by atoms with E-state index in [0.29, 0.717) is 12.0 Å². The van der Waals surface area contributed by atoms with Crippen LogP contribution in [0.3, 0.4) is 0 Å². The lowest BCUT2D eigenvalue weighted by molar-refractivity contribution is 0.501. The zero-order chi connectivity index (χ0) is 12.8. The van der Waals surface area contributed by atoms with E-state index < -0.39 is 0 Å². The molecule has 1 unspecified atom stereocenters. The number of rotatable bonds is 6. The summed E-state index contributed by atoms with van der Waals surface area (Å²) < 4.78 is 0. The van der Waals surface area contributed by atoms with Gasteiger partial charge in [-0.25, -0.2) is 4.98 Å². The van der Waals surface area contributed by atoms with Crippen LogP contribution < -0.4 is 10.2 Å². The average Bonchev–Trinajstić information content (AvgIpc) is 2.28. The molecule has 1 rings (SSSR count). The predicted octanol–water partition coefficient (Wildman–Crippen LogP) is 2.07. The van der Waals surface area contributed by atoms with Gasteiger partial charge in [-0.05, 0) is 26.3 Å². The van der Waals surface area contributed by atoms with Crippen molar-refractivity contribution < 1.29 is 0 Å². The number of anilines is 1. The van der Waals surface area contributed by atoms with Crippen molar-refractivity contribution in [2.75, 3.05) is 19.0 Å². The van der Waals surface area contributed by atoms with E-state index in [0.717, 1.165) is 24.5 Å². The number of nitrogens with one attached hydrogen (secondary N) is 1. The van der Waals surface area contributed by atoms with Crippen molar-refractivity contribution in [3.8, 4) is 0 Å². The third-order valence-electron chi connectivity index (χ3n) is 2.86. The third kappa shape index (κ3) is 4.30. The van der Waals surface area contributed by atoms with E-state index >= 15 is 0 Å². The van der Waals surface area contributed by atoms with Gasteiger partial charge in [-0.15, -0.1) is 0 Å². The molecule has 0 bridgehead atoms. The standard InChI is InChI=1S/C13H24N4/c1-10(2)6-11(3)17(5)13-9-15-8-12(16-13)7-14-4/h8-11,14H,6-7H2,1-5H3. The second-order valence-corrected chi connectivity index (χ2v) is 4.99. The van der Waals surface area contributed by atoms with E-state index in [2.05, 4.69) is 48.0 Å². The molecule has 0 radical (unpaired) electrons. The van der Waals surface area contributed by atoms with E-state index in [1.54, 1.807) is 6.20 Å². The van der Waals surface area contributed by atoms with Gasteiger partial charge in [0.2, 0.25) is 0 Å². The molecule has 1 aromatic rings. The molecule has 1 aromatic heterocycles. The Bertz CT molecular complexity index is 338. The van der Waals surface area contributed by atoms with Crippen molar-refractivity contribution in [3.63, 3.8) is 0 Å². The Labute approximate surface area is 104 Å². The van der Waals surface area contributed by atoms with Gasteiger partial charge >= 0.3 is 0 Å². The highest BCUT2D eigenvalue weighted by molar-refractivity contribution is 5.36. The van der Waals surface area contributed by atoms with Crippen LogP contribution >= 0.6 is 0 Å². The quantitative estimate of drug-likeness (QED) is 0.821. The molecular formula is C13H24N4. The van der Waals surface area contributed by atoms with Gasteiger partial charge in [0.25, 0.3) is 0 Å². The minimum absolute atomic E-state index is 0.481. The van der Waals surface area contributed by atoms with Crippen molar-refractivity contribution in [2.24, 2.45) is 5.92 Å². The Balaban J connectivity index is 2.73. The first-order valence-corrected chi connectivity index (χ1v) is 6.23. The smallest absolute Gasteiger partial charge is 0.147 e. The first-order chi connectivity index (χ1) is 8.04. The molecule has 0 aromatic carbocycles. The van der Waals surface area contributed by atoms with Crippen LogP contribution in [0.2, 0.25) is 0 Å². The summed E-state index contributed by atoms with van der Waals surface area (Å²) in [6, 6.07) is 0.481. The monoisotopic (exact) mass is 236 g/mol. The minimum atomic E-state index is 0.481. The molecule has 0 spiro atoms. The fourth-order valence-corrected chi connectivity index (χ4v) is 1.90. The molecule has 0 aliphatic carbocycles. The molecule has 17 heavy (non-hydrogen) atoms. The van der Waals surface area contributed by atoms with Crippen LogP contribution in [0.15, 0.2) is 12.4 Å². The van der Waals surface area contributed by atoms with Crippen LogP contribution in [0.5, 0.6) is 0 Å². The molecule has 1 atom stereocenters. The molecule has 0 saturated carbocycles. The maximum Gasteiger partial charge on any atom is 0.147 e. The number of nitrogens with zero attached hydrogens (tertiary/aromatic N) is 3. The number of hydrogen-bond acceptors (Lipinski definition) is 4. The fourth-order valence-electron chi connectivity index (χ4n) is 1.90. The molecule has 1 N–H and O–H groups in total. The second-order valence-electron chi connectivity index (χ2n) is 4.99. The topological polar surface area (TPSA) is 41.1 Å². The summed E-state index contributed by atoms with van der Waals surface area (Å²) in [5.74, 6) is 1.65. The normalized spacial score (nSPS) is 12.8. The summed E-state index contributed by atoms with van der Waals surface area (Å²) in [7, 11) is 4.00. The van der Waals surface area contributed by atoms with Gasteiger partial charge in [0, 0.05) is 25.8 Å². The Kier molecular flexibility index (Phi) is 5.35. The van der Waals surface area contributed by atoms with Crippen LogP contribution in [-0.2, 0) is 6.54 Å². The van der Waals surface area contributed by atoms with Crippen molar-refractivity contribution in [3.05, 3.63) is 18.1 Å². The van der Waals surface area contributed by atoms with Crippen molar-refractivity contribution >= 4 is 5.82 Å². The lowest BCUT2D eigenvalue weighted by Gasteiger charge is -2.27. The van der Waals surface area contributed by atoms with Gasteiger partial charge in [-0.3, -0.25) is 4.98 Å². The molecular weight excluding hydrogens is 212 g/mol. The molecule has 0 fully saturated rings. The lowest BCUT2D eigenvalue weighted by Crippen LogP contribution is -2.31. The van der Waals surface area contributed by atoms with Gasteiger partial charge in [0.05, 0.1) is 11.9 Å². The van der Waals surface area contributed by atoms with Crippen LogP contribution in [0.25, 0.3) is 0 Å². The Morgan fingerprint density at radius 1 is 1.29 bits per heavy atom. The van der Waals surface area contributed by atoms with Crippen LogP contribution in [0.4, 0.5) is 5.82 Å². The van der Waals surface area contributed by atoms with Gasteiger partial charge < -0.3 is 10.2 Å². The summed E-state index contributed by atoms with van der Waals surface area (Å²) in [6.07, 6.45) is 4.80. The largest absolute Gasteiger partial charge is 0.356 e. The van der Waals surface area contributed by atoms with E-state index in [9.17, 15) is 0 Å². The summed E-state index contributed by atoms with van der Waals surface area (Å²) in [5, 5.41) is 3.09. The Hall–Kier alpha value is -1.16. The summed E-state index contributed by atoms with van der Waals surface area (Å²) in [6.45, 7) is 7.47. The molecule has 4 nitrogen and oxygen atoms in total. The SMILES string of the molecule is CNCc1cncc(N(C)C(C)CC(C)C)n1. The van der Waals surface area contributed by atoms with Crippen LogP contribution in [0, 0.1) is 5.92 Å². The van der Waals surface area contributed by atoms with Crippen molar-refractivity contribution in [1.29, 1.82) is 0 Å². The van der Waals surface area contributed by atoms with Crippen LogP contribution in [-0.4, -0.2) is 30.1 Å². The molecule has 96 valence electrons. The van der Waals surface area contributed by atoms with E-state index in [1.807, 2.05) is 13.2 Å². The molecule has 0 saturated heterocycles. The number of aromatic nitrogens is 2. The van der Waals surface area contributed by atoms with Gasteiger partial charge in [0.1, 0.15) is 5.82 Å². The average molecular weight is 236 g/mol. The Morgan fingerprint density at radius 3 is 2.59 bits per heavy atom. The highest BCUT2D eigenvalue weighted by Gasteiger charge is 2.13. The van der Waals surface area contributed by atoms with Gasteiger partial charge in [-0.2, -0.15) is 0 Å². The van der Waals surface area contributed by atoms with E-state index in [4.69, 9.17) is 0 Å². The molecule has 4 heteroatoms. The maximum atomic E-state index is 4.59.